The molecular weight excluding hydrogens is 171 g/mol. The molecule has 1 N–H and O–H groups in total. The van der Waals surface area contributed by atoms with Crippen LogP contribution in [0.15, 0.2) is 0 Å². The normalized spacial score (nSPS) is 29.2. The van der Waals surface area contributed by atoms with Crippen LogP contribution >= 0.6 is 0 Å². The molecule has 0 aromatic rings. The minimum absolute atomic E-state index is 0.395. The topological polar surface area (TPSA) is 21.3 Å². The Labute approximate surface area is 69.0 Å². The highest BCUT2D eigenvalue weighted by Gasteiger charge is 2.39. The van der Waals surface area contributed by atoms with Crippen LogP contribution in [-0.4, -0.2) is 17.8 Å². The van der Waals surface area contributed by atoms with E-state index in [4.69, 9.17) is 4.84 Å². The first kappa shape index (κ1) is 9.80. The van der Waals surface area contributed by atoms with Gasteiger partial charge in [0.1, 0.15) is 0 Å². The Morgan fingerprint density at radius 3 is 2.42 bits per heavy atom. The molecule has 12 heavy (non-hydrogen) atoms. The minimum atomic E-state index is -4.11. The highest BCUT2D eigenvalue weighted by Crippen LogP contribution is 2.30. The number of hydroxylamine groups is 1. The lowest BCUT2D eigenvalue weighted by Gasteiger charge is -2.13. The maximum Gasteiger partial charge on any atom is 0.390 e. The third-order valence-electron chi connectivity index (χ3n) is 1.72. The van der Waals surface area contributed by atoms with Crippen LogP contribution in [0, 0.1) is 0 Å². The lowest BCUT2D eigenvalue weighted by Crippen LogP contribution is -2.27. The SMILES string of the molecule is CC1(C)CC(CC(F)(F)F)NO1. The van der Waals surface area contributed by atoms with Gasteiger partial charge in [-0.25, -0.2) is 0 Å². The number of hydrogen-bond donors (Lipinski definition) is 1. The van der Waals surface area contributed by atoms with Crippen LogP contribution in [0.25, 0.3) is 0 Å². The van der Waals surface area contributed by atoms with Crippen molar-refractivity contribution in [1.82, 2.24) is 5.48 Å². The molecule has 0 spiro atoms. The molecular formula is C7H12F3NO. The Bertz CT molecular complexity index is 167. The first-order valence-corrected chi connectivity index (χ1v) is 3.79. The van der Waals surface area contributed by atoms with E-state index in [2.05, 4.69) is 5.48 Å². The third kappa shape index (κ3) is 2.98. The predicted octanol–water partition coefficient (Wildman–Crippen LogP) is 2.01. The van der Waals surface area contributed by atoms with E-state index in [9.17, 15) is 13.2 Å². The Hall–Kier alpha value is -0.290. The molecule has 1 fully saturated rings. The van der Waals surface area contributed by atoms with Crippen molar-refractivity contribution in [1.29, 1.82) is 0 Å². The summed E-state index contributed by atoms with van der Waals surface area (Å²) < 4.78 is 35.6. The molecule has 0 aromatic carbocycles. The molecule has 0 radical (unpaired) electrons. The number of alkyl halides is 3. The molecule has 0 bridgehead atoms. The molecule has 0 aliphatic carbocycles. The fourth-order valence-corrected chi connectivity index (χ4v) is 1.31. The van der Waals surface area contributed by atoms with Gasteiger partial charge in [0, 0.05) is 6.04 Å². The summed E-state index contributed by atoms with van der Waals surface area (Å²) in [5, 5.41) is 0. The van der Waals surface area contributed by atoms with Gasteiger partial charge in [0.25, 0.3) is 0 Å². The second-order valence-corrected chi connectivity index (χ2v) is 3.70. The van der Waals surface area contributed by atoms with Crippen LogP contribution in [0.1, 0.15) is 26.7 Å². The van der Waals surface area contributed by atoms with Crippen LogP contribution in [0.2, 0.25) is 0 Å². The minimum Gasteiger partial charge on any atom is -0.295 e. The molecule has 1 heterocycles. The van der Waals surface area contributed by atoms with Gasteiger partial charge in [-0.2, -0.15) is 18.7 Å². The second kappa shape index (κ2) is 2.88. The molecule has 1 atom stereocenters. The van der Waals surface area contributed by atoms with Crippen molar-refractivity contribution >= 4 is 0 Å². The lowest BCUT2D eigenvalue weighted by molar-refractivity contribution is -0.143. The predicted molar refractivity (Wildman–Crippen MR) is 37.4 cm³/mol. The van der Waals surface area contributed by atoms with Crippen LogP contribution in [-0.2, 0) is 4.84 Å². The van der Waals surface area contributed by atoms with Crippen molar-refractivity contribution in [2.24, 2.45) is 0 Å². The standard InChI is InChI=1S/C7H12F3NO/c1-6(2)3-5(11-12-6)4-7(8,9)10/h5,11H,3-4H2,1-2H3. The third-order valence-corrected chi connectivity index (χ3v) is 1.72. The van der Waals surface area contributed by atoms with Gasteiger partial charge in [-0.05, 0) is 20.3 Å². The van der Waals surface area contributed by atoms with Crippen molar-refractivity contribution in [3.05, 3.63) is 0 Å². The Morgan fingerprint density at radius 1 is 1.50 bits per heavy atom. The summed E-state index contributed by atoms with van der Waals surface area (Å²) >= 11 is 0. The maximum atomic E-state index is 11.9. The van der Waals surface area contributed by atoms with E-state index < -0.39 is 24.2 Å². The van der Waals surface area contributed by atoms with Crippen molar-refractivity contribution in [3.8, 4) is 0 Å². The van der Waals surface area contributed by atoms with Gasteiger partial charge in [-0.3, -0.25) is 4.84 Å². The van der Waals surface area contributed by atoms with E-state index in [0.717, 1.165) is 0 Å². The zero-order valence-electron chi connectivity index (χ0n) is 7.03. The monoisotopic (exact) mass is 183 g/mol. The molecule has 72 valence electrons. The Kier molecular flexibility index (Phi) is 2.35. The molecule has 2 nitrogen and oxygen atoms in total. The lowest BCUT2D eigenvalue weighted by atomic mass is 9.99. The summed E-state index contributed by atoms with van der Waals surface area (Å²) in [5.74, 6) is 0. The smallest absolute Gasteiger partial charge is 0.295 e. The fraction of sp³-hybridized carbons (Fsp3) is 1.00. The fourth-order valence-electron chi connectivity index (χ4n) is 1.31. The molecule has 0 amide bonds. The second-order valence-electron chi connectivity index (χ2n) is 3.70. The van der Waals surface area contributed by atoms with E-state index in [1.165, 1.54) is 0 Å². The highest BCUT2D eigenvalue weighted by atomic mass is 19.4. The van der Waals surface area contributed by atoms with Gasteiger partial charge >= 0.3 is 6.18 Å². The first-order valence-electron chi connectivity index (χ1n) is 3.79. The molecule has 5 heteroatoms. The van der Waals surface area contributed by atoms with Gasteiger partial charge < -0.3 is 0 Å². The molecule has 1 aliphatic heterocycles. The quantitative estimate of drug-likeness (QED) is 0.671. The number of hydrogen-bond acceptors (Lipinski definition) is 2. The average molecular weight is 183 g/mol. The van der Waals surface area contributed by atoms with Crippen molar-refractivity contribution in [2.45, 2.75) is 44.5 Å². The Balaban J connectivity index is 2.39. The summed E-state index contributed by atoms with van der Waals surface area (Å²) in [6.45, 7) is 3.52. The van der Waals surface area contributed by atoms with Crippen molar-refractivity contribution < 1.29 is 18.0 Å². The molecule has 0 saturated carbocycles. The zero-order valence-corrected chi connectivity index (χ0v) is 7.03. The van der Waals surface area contributed by atoms with E-state index >= 15 is 0 Å². The van der Waals surface area contributed by atoms with Crippen LogP contribution in [0.4, 0.5) is 13.2 Å². The maximum absolute atomic E-state index is 11.9. The summed E-state index contributed by atoms with van der Waals surface area (Å²) in [5.41, 5.74) is 1.91. The number of rotatable bonds is 1. The van der Waals surface area contributed by atoms with Crippen molar-refractivity contribution in [3.63, 3.8) is 0 Å². The van der Waals surface area contributed by atoms with Crippen LogP contribution in [0.5, 0.6) is 0 Å². The Morgan fingerprint density at radius 2 is 2.08 bits per heavy atom. The molecule has 1 aliphatic rings. The molecule has 1 saturated heterocycles. The van der Waals surface area contributed by atoms with Gasteiger partial charge in [0.15, 0.2) is 0 Å². The van der Waals surface area contributed by atoms with Gasteiger partial charge in [-0.15, -0.1) is 0 Å². The van der Waals surface area contributed by atoms with Crippen LogP contribution in [0.3, 0.4) is 0 Å². The van der Waals surface area contributed by atoms with E-state index in [-0.39, 0.29) is 0 Å². The average Bonchev–Trinajstić information content (AvgIpc) is 2.05. The van der Waals surface area contributed by atoms with E-state index in [1.54, 1.807) is 13.8 Å². The van der Waals surface area contributed by atoms with Crippen LogP contribution < -0.4 is 5.48 Å². The number of halogens is 3. The van der Waals surface area contributed by atoms with Gasteiger partial charge in [0.2, 0.25) is 0 Å². The summed E-state index contributed by atoms with van der Waals surface area (Å²) in [6.07, 6.45) is -4.54. The first-order chi connectivity index (χ1) is 5.29. The highest BCUT2D eigenvalue weighted by molar-refractivity contribution is 4.83. The summed E-state index contributed by atoms with van der Waals surface area (Å²) in [6, 6.07) is -0.597. The summed E-state index contributed by atoms with van der Waals surface area (Å²) in [7, 11) is 0. The molecule has 1 unspecified atom stereocenters. The zero-order chi connectivity index (χ0) is 9.41. The van der Waals surface area contributed by atoms with E-state index in [0.29, 0.717) is 6.42 Å². The molecule has 1 rings (SSSR count). The largest absolute Gasteiger partial charge is 0.390 e. The van der Waals surface area contributed by atoms with E-state index in [1.807, 2.05) is 0 Å². The molecule has 0 aromatic heterocycles. The van der Waals surface area contributed by atoms with Gasteiger partial charge in [0.05, 0.1) is 12.0 Å². The van der Waals surface area contributed by atoms with Crippen molar-refractivity contribution in [2.75, 3.05) is 0 Å². The van der Waals surface area contributed by atoms with Gasteiger partial charge in [-0.1, -0.05) is 0 Å². The summed E-state index contributed by atoms with van der Waals surface area (Å²) in [4.78, 5) is 4.95. The number of nitrogens with one attached hydrogen (secondary N) is 1.